The Hall–Kier alpha value is -2.41. The molecule has 0 aliphatic rings. The number of benzene rings is 1. The van der Waals surface area contributed by atoms with Gasteiger partial charge in [-0.3, -0.25) is 4.79 Å². The van der Waals surface area contributed by atoms with Crippen molar-refractivity contribution in [3.63, 3.8) is 0 Å². The van der Waals surface area contributed by atoms with Gasteiger partial charge in [0.05, 0.1) is 11.5 Å². The van der Waals surface area contributed by atoms with Crippen molar-refractivity contribution >= 4 is 21.6 Å². The van der Waals surface area contributed by atoms with Crippen molar-refractivity contribution in [1.29, 1.82) is 5.26 Å². The van der Waals surface area contributed by atoms with E-state index in [4.69, 9.17) is 15.5 Å². The highest BCUT2D eigenvalue weighted by Crippen LogP contribution is 2.13. The largest absolute Gasteiger partial charge is 0.395 e. The van der Waals surface area contributed by atoms with Crippen molar-refractivity contribution in [2.75, 3.05) is 25.5 Å². The fourth-order valence-corrected chi connectivity index (χ4v) is 2.02. The Labute approximate surface area is 128 Å². The Morgan fingerprint density at radius 3 is 2.50 bits per heavy atom. The minimum Gasteiger partial charge on any atom is -0.395 e. The zero-order valence-electron chi connectivity index (χ0n) is 11.9. The minimum absolute atomic E-state index is 0.0794. The van der Waals surface area contributed by atoms with Crippen molar-refractivity contribution in [2.45, 2.75) is 4.90 Å². The van der Waals surface area contributed by atoms with Gasteiger partial charge in [-0.2, -0.15) is 5.26 Å². The van der Waals surface area contributed by atoms with E-state index in [1.807, 2.05) is 0 Å². The monoisotopic (exact) mass is 324 g/mol. The lowest BCUT2D eigenvalue weighted by Gasteiger charge is -2.12. The third kappa shape index (κ3) is 5.17. The summed E-state index contributed by atoms with van der Waals surface area (Å²) < 4.78 is 22.2. The lowest BCUT2D eigenvalue weighted by atomic mass is 10.2. The first-order valence-corrected chi connectivity index (χ1v) is 7.70. The molecule has 118 valence electrons. The number of primary sulfonamides is 1. The highest BCUT2D eigenvalue weighted by atomic mass is 32.2. The van der Waals surface area contributed by atoms with E-state index < -0.39 is 15.9 Å². The minimum atomic E-state index is -3.80. The maximum atomic E-state index is 11.9. The summed E-state index contributed by atoms with van der Waals surface area (Å²) in [5.41, 5.74) is 0.176. The van der Waals surface area contributed by atoms with Gasteiger partial charge in [0.1, 0.15) is 11.6 Å². The smallest absolute Gasteiger partial charge is 0.267 e. The molecule has 9 heteroatoms. The van der Waals surface area contributed by atoms with Gasteiger partial charge in [0.15, 0.2) is 0 Å². The van der Waals surface area contributed by atoms with E-state index in [2.05, 4.69) is 5.32 Å². The van der Waals surface area contributed by atoms with E-state index in [1.165, 1.54) is 35.4 Å². The van der Waals surface area contributed by atoms with Gasteiger partial charge in [0, 0.05) is 25.5 Å². The summed E-state index contributed by atoms with van der Waals surface area (Å²) >= 11 is 0. The van der Waals surface area contributed by atoms with E-state index in [1.54, 1.807) is 13.1 Å². The van der Waals surface area contributed by atoms with Crippen molar-refractivity contribution in [3.8, 4) is 6.07 Å². The Balaban J connectivity index is 2.85. The van der Waals surface area contributed by atoms with Crippen molar-refractivity contribution in [1.82, 2.24) is 4.90 Å². The Morgan fingerprint density at radius 1 is 1.45 bits per heavy atom. The van der Waals surface area contributed by atoms with Gasteiger partial charge >= 0.3 is 0 Å². The zero-order valence-corrected chi connectivity index (χ0v) is 12.7. The highest BCUT2D eigenvalue weighted by Gasteiger charge is 2.12. The number of anilines is 1. The van der Waals surface area contributed by atoms with E-state index in [9.17, 15) is 13.2 Å². The number of nitriles is 1. The Bertz CT molecular complexity index is 705. The summed E-state index contributed by atoms with van der Waals surface area (Å²) in [7, 11) is -2.19. The molecule has 1 amide bonds. The van der Waals surface area contributed by atoms with Crippen LogP contribution in [0.15, 0.2) is 40.9 Å². The van der Waals surface area contributed by atoms with Crippen LogP contribution in [0.3, 0.4) is 0 Å². The molecule has 0 radical (unpaired) electrons. The summed E-state index contributed by atoms with van der Waals surface area (Å²) in [5.74, 6) is -0.643. The second kappa shape index (κ2) is 7.56. The molecule has 0 unspecified atom stereocenters. The van der Waals surface area contributed by atoms with Crippen molar-refractivity contribution in [2.24, 2.45) is 5.14 Å². The predicted octanol–water partition coefficient (Wildman–Crippen LogP) is -0.396. The van der Waals surface area contributed by atoms with Gasteiger partial charge in [0.2, 0.25) is 10.0 Å². The van der Waals surface area contributed by atoms with Crippen molar-refractivity contribution < 1.29 is 18.3 Å². The molecule has 0 spiro atoms. The van der Waals surface area contributed by atoms with Gasteiger partial charge < -0.3 is 15.3 Å². The number of hydrogen-bond donors (Lipinski definition) is 3. The molecular weight excluding hydrogens is 308 g/mol. The van der Waals surface area contributed by atoms with Gasteiger partial charge in [-0.05, 0) is 24.3 Å². The topological polar surface area (TPSA) is 137 Å². The van der Waals surface area contributed by atoms with Gasteiger partial charge in [-0.25, -0.2) is 13.6 Å². The van der Waals surface area contributed by atoms with Crippen LogP contribution in [0.5, 0.6) is 0 Å². The predicted molar refractivity (Wildman–Crippen MR) is 79.9 cm³/mol. The quantitative estimate of drug-likeness (QED) is 0.481. The molecule has 0 aromatic heterocycles. The van der Waals surface area contributed by atoms with Crippen LogP contribution >= 0.6 is 0 Å². The fourth-order valence-electron chi connectivity index (χ4n) is 1.51. The number of aliphatic hydroxyl groups is 1. The molecule has 0 saturated carbocycles. The molecule has 0 saturated heterocycles. The molecule has 4 N–H and O–H groups in total. The number of aliphatic hydroxyl groups excluding tert-OH is 1. The number of nitrogens with one attached hydrogen (secondary N) is 1. The molecule has 1 aromatic rings. The lowest BCUT2D eigenvalue weighted by Crippen LogP contribution is -2.20. The van der Waals surface area contributed by atoms with Gasteiger partial charge in [-0.1, -0.05) is 0 Å². The van der Waals surface area contributed by atoms with Crippen molar-refractivity contribution in [3.05, 3.63) is 36.0 Å². The van der Waals surface area contributed by atoms with Crippen LogP contribution in [0, 0.1) is 11.3 Å². The SMILES string of the molecule is CN(/C=C(/C#N)C(=O)Nc1ccc(S(N)(=O)=O)cc1)CCO. The first kappa shape index (κ1) is 17.6. The average Bonchev–Trinajstić information content (AvgIpc) is 2.44. The maximum absolute atomic E-state index is 11.9. The van der Waals surface area contributed by atoms with Crippen LogP contribution in [0.2, 0.25) is 0 Å². The molecule has 0 bridgehead atoms. The van der Waals surface area contributed by atoms with Gasteiger partial charge in [-0.15, -0.1) is 0 Å². The molecule has 0 aliphatic heterocycles. The first-order valence-electron chi connectivity index (χ1n) is 6.15. The molecule has 0 aliphatic carbocycles. The molecule has 8 nitrogen and oxygen atoms in total. The number of nitrogens with two attached hydrogens (primary N) is 1. The standard InChI is InChI=1S/C13H16N4O4S/c1-17(6-7-18)9-10(8-14)13(19)16-11-2-4-12(5-3-11)22(15,20)21/h2-5,9,18H,6-7H2,1H3,(H,16,19)(H2,15,20,21)/b10-9-. The Morgan fingerprint density at radius 2 is 2.05 bits per heavy atom. The molecule has 1 aromatic carbocycles. The maximum Gasteiger partial charge on any atom is 0.267 e. The normalized spacial score (nSPS) is 11.6. The summed E-state index contributed by atoms with van der Waals surface area (Å²) in [5, 5.41) is 25.2. The van der Waals surface area contributed by atoms with E-state index >= 15 is 0 Å². The summed E-state index contributed by atoms with van der Waals surface area (Å²) in [6, 6.07) is 6.98. The van der Waals surface area contributed by atoms with Crippen LogP contribution in [-0.4, -0.2) is 44.5 Å². The number of carbonyl (C=O) groups is 1. The number of sulfonamides is 1. The second-order valence-corrected chi connectivity index (χ2v) is 5.94. The average molecular weight is 324 g/mol. The Kier molecular flexibility index (Phi) is 6.06. The van der Waals surface area contributed by atoms with E-state index in [-0.39, 0.29) is 23.6 Å². The van der Waals surface area contributed by atoms with Crippen LogP contribution in [-0.2, 0) is 14.8 Å². The number of carbonyl (C=O) groups excluding carboxylic acids is 1. The molecule has 0 heterocycles. The van der Waals surface area contributed by atoms with Crippen LogP contribution in [0.4, 0.5) is 5.69 Å². The fraction of sp³-hybridized carbons (Fsp3) is 0.231. The first-order chi connectivity index (χ1) is 10.3. The van der Waals surface area contributed by atoms with E-state index in [0.717, 1.165) is 0 Å². The number of likely N-dealkylation sites (N-methyl/N-ethyl adjacent to an activating group) is 1. The number of nitrogens with zero attached hydrogens (tertiary/aromatic N) is 2. The highest BCUT2D eigenvalue weighted by molar-refractivity contribution is 7.89. The summed E-state index contributed by atoms with van der Waals surface area (Å²) in [6.07, 6.45) is 1.31. The van der Waals surface area contributed by atoms with E-state index in [0.29, 0.717) is 5.69 Å². The molecule has 22 heavy (non-hydrogen) atoms. The number of hydrogen-bond acceptors (Lipinski definition) is 6. The van der Waals surface area contributed by atoms with Crippen LogP contribution in [0.25, 0.3) is 0 Å². The lowest BCUT2D eigenvalue weighted by molar-refractivity contribution is -0.112. The summed E-state index contributed by atoms with van der Waals surface area (Å²) in [6.45, 7) is 0.171. The van der Waals surface area contributed by atoms with Gasteiger partial charge in [0.25, 0.3) is 5.91 Å². The zero-order chi connectivity index (χ0) is 16.8. The molecule has 0 atom stereocenters. The molecule has 0 fully saturated rings. The number of rotatable bonds is 6. The third-order valence-electron chi connectivity index (χ3n) is 2.61. The molecular formula is C13H16N4O4S. The van der Waals surface area contributed by atoms with Crippen LogP contribution in [0.1, 0.15) is 0 Å². The second-order valence-electron chi connectivity index (χ2n) is 4.38. The summed E-state index contributed by atoms with van der Waals surface area (Å²) in [4.78, 5) is 13.4. The number of amides is 1. The van der Waals surface area contributed by atoms with Crippen LogP contribution < -0.4 is 10.5 Å². The molecule has 1 rings (SSSR count). The third-order valence-corrected chi connectivity index (χ3v) is 3.54.